The second-order valence-corrected chi connectivity index (χ2v) is 20.4. The SMILES string of the molecule is CCCCCCCCCCCCCCCCCCCCCC(=O)OC[C@@H](COC(=O)CCCCCCCCC(C)C)OC(=O)CCCCCCCCCCCCCCCCCCCC. The maximum absolute atomic E-state index is 12.8. The molecule has 6 nitrogen and oxygen atoms in total. The van der Waals surface area contributed by atoms with E-state index in [-0.39, 0.29) is 31.1 Å². The molecular formula is C58H112O6. The van der Waals surface area contributed by atoms with Crippen LogP contribution in [0.15, 0.2) is 0 Å². The first-order valence-corrected chi connectivity index (χ1v) is 28.9. The van der Waals surface area contributed by atoms with E-state index < -0.39 is 6.10 Å². The van der Waals surface area contributed by atoms with E-state index in [0.29, 0.717) is 19.3 Å². The Kier molecular flexibility index (Phi) is 51.1. The third-order valence-corrected chi connectivity index (χ3v) is 13.3. The van der Waals surface area contributed by atoms with Crippen LogP contribution < -0.4 is 0 Å². The summed E-state index contributed by atoms with van der Waals surface area (Å²) in [7, 11) is 0. The van der Waals surface area contributed by atoms with Crippen molar-refractivity contribution in [2.24, 2.45) is 5.92 Å². The highest BCUT2D eigenvalue weighted by Gasteiger charge is 2.19. The van der Waals surface area contributed by atoms with E-state index in [4.69, 9.17) is 14.2 Å². The molecule has 0 fully saturated rings. The fourth-order valence-electron chi connectivity index (χ4n) is 8.92. The van der Waals surface area contributed by atoms with Crippen LogP contribution in [0.2, 0.25) is 0 Å². The van der Waals surface area contributed by atoms with Crippen LogP contribution in [0.4, 0.5) is 0 Å². The third-order valence-electron chi connectivity index (χ3n) is 13.3. The molecular weight excluding hydrogens is 793 g/mol. The number of ether oxygens (including phenoxy) is 3. The molecule has 0 aromatic carbocycles. The zero-order chi connectivity index (χ0) is 46.7. The van der Waals surface area contributed by atoms with E-state index >= 15 is 0 Å². The Morgan fingerprint density at radius 3 is 0.766 bits per heavy atom. The van der Waals surface area contributed by atoms with Crippen LogP contribution in [0.3, 0.4) is 0 Å². The molecule has 0 aliphatic heterocycles. The van der Waals surface area contributed by atoms with Crippen molar-refractivity contribution in [3.63, 3.8) is 0 Å². The van der Waals surface area contributed by atoms with Gasteiger partial charge < -0.3 is 14.2 Å². The molecule has 0 aromatic heterocycles. The molecule has 1 atom stereocenters. The minimum absolute atomic E-state index is 0.0630. The number of carbonyl (C=O) groups excluding carboxylic acids is 3. The summed E-state index contributed by atoms with van der Waals surface area (Å²) in [6.45, 7) is 8.99. The largest absolute Gasteiger partial charge is 0.462 e. The minimum atomic E-state index is -0.762. The van der Waals surface area contributed by atoms with Gasteiger partial charge in [-0.15, -0.1) is 0 Å². The van der Waals surface area contributed by atoms with Gasteiger partial charge in [-0.1, -0.05) is 291 Å². The molecule has 0 spiro atoms. The molecule has 0 heterocycles. The molecule has 0 aliphatic rings. The lowest BCUT2D eigenvalue weighted by Crippen LogP contribution is -2.30. The van der Waals surface area contributed by atoms with Gasteiger partial charge in [0.25, 0.3) is 0 Å². The number of rotatable bonds is 53. The van der Waals surface area contributed by atoms with Crippen LogP contribution in [0.25, 0.3) is 0 Å². The molecule has 0 unspecified atom stereocenters. The van der Waals surface area contributed by atoms with Gasteiger partial charge in [0.1, 0.15) is 13.2 Å². The molecule has 0 saturated heterocycles. The summed E-state index contributed by atoms with van der Waals surface area (Å²) >= 11 is 0. The van der Waals surface area contributed by atoms with E-state index in [9.17, 15) is 14.4 Å². The summed E-state index contributed by atoms with van der Waals surface area (Å²) in [6.07, 6.45) is 56.9. The standard InChI is InChI=1S/C58H112O6/c1-5-7-9-11-13-15-17-19-21-23-25-27-28-30-32-34-36-41-45-49-56(59)62-52-55(53-63-57(60)50-46-42-39-38-40-44-48-54(3)4)64-58(61)51-47-43-37-35-33-31-29-26-24-22-20-18-16-14-12-10-8-6-2/h54-55H,5-53H2,1-4H3/t55-/m0/s1. The summed E-state index contributed by atoms with van der Waals surface area (Å²) in [5.41, 5.74) is 0. The predicted octanol–water partition coefficient (Wildman–Crippen LogP) is 19.0. The Balaban J connectivity index is 4.20. The van der Waals surface area contributed by atoms with Crippen molar-refractivity contribution in [2.75, 3.05) is 13.2 Å². The fraction of sp³-hybridized carbons (Fsp3) is 0.948. The van der Waals surface area contributed by atoms with Crippen molar-refractivity contribution in [1.82, 2.24) is 0 Å². The summed E-state index contributed by atoms with van der Waals surface area (Å²) in [5.74, 6) is -0.0795. The van der Waals surface area contributed by atoms with E-state index in [2.05, 4.69) is 27.7 Å². The lowest BCUT2D eigenvalue weighted by Gasteiger charge is -2.18. The van der Waals surface area contributed by atoms with E-state index in [1.54, 1.807) is 0 Å². The highest BCUT2D eigenvalue weighted by Crippen LogP contribution is 2.18. The Bertz CT molecular complexity index is 964. The molecule has 64 heavy (non-hydrogen) atoms. The summed E-state index contributed by atoms with van der Waals surface area (Å²) in [6, 6.07) is 0. The first kappa shape index (κ1) is 62.4. The van der Waals surface area contributed by atoms with Gasteiger partial charge in [-0.3, -0.25) is 14.4 Å². The molecule has 0 radical (unpaired) electrons. The van der Waals surface area contributed by atoms with Gasteiger partial charge in [0.05, 0.1) is 0 Å². The molecule has 0 aliphatic carbocycles. The van der Waals surface area contributed by atoms with E-state index in [1.165, 1.54) is 225 Å². The topological polar surface area (TPSA) is 78.9 Å². The Labute approximate surface area is 399 Å². The highest BCUT2D eigenvalue weighted by molar-refractivity contribution is 5.71. The molecule has 380 valence electrons. The van der Waals surface area contributed by atoms with Crippen LogP contribution in [-0.2, 0) is 28.6 Å². The Hall–Kier alpha value is -1.59. The van der Waals surface area contributed by atoms with Crippen LogP contribution in [0, 0.1) is 5.92 Å². The van der Waals surface area contributed by atoms with Gasteiger partial charge in [-0.25, -0.2) is 0 Å². The highest BCUT2D eigenvalue weighted by atomic mass is 16.6. The first-order valence-electron chi connectivity index (χ1n) is 28.9. The summed E-state index contributed by atoms with van der Waals surface area (Å²) in [4.78, 5) is 38.0. The molecule has 0 saturated carbocycles. The normalized spacial score (nSPS) is 12.0. The van der Waals surface area contributed by atoms with Crippen molar-refractivity contribution < 1.29 is 28.6 Å². The number of hydrogen-bond donors (Lipinski definition) is 0. The maximum Gasteiger partial charge on any atom is 0.306 e. The van der Waals surface area contributed by atoms with Gasteiger partial charge in [-0.05, 0) is 25.2 Å². The maximum atomic E-state index is 12.8. The predicted molar refractivity (Wildman–Crippen MR) is 275 cm³/mol. The summed E-state index contributed by atoms with van der Waals surface area (Å²) in [5, 5.41) is 0. The van der Waals surface area contributed by atoms with Gasteiger partial charge in [0.15, 0.2) is 6.10 Å². The number of unbranched alkanes of at least 4 members (excludes halogenated alkanes) is 40. The first-order chi connectivity index (χ1) is 31.4. The lowest BCUT2D eigenvalue weighted by molar-refractivity contribution is -0.167. The Morgan fingerprint density at radius 2 is 0.516 bits per heavy atom. The quantitative estimate of drug-likeness (QED) is 0.0344. The number of carbonyl (C=O) groups is 3. The average Bonchev–Trinajstić information content (AvgIpc) is 3.28. The van der Waals surface area contributed by atoms with Crippen LogP contribution in [-0.4, -0.2) is 37.2 Å². The zero-order valence-electron chi connectivity index (χ0n) is 43.8. The van der Waals surface area contributed by atoms with Gasteiger partial charge in [0, 0.05) is 19.3 Å². The number of esters is 3. The monoisotopic (exact) mass is 905 g/mol. The van der Waals surface area contributed by atoms with E-state index in [0.717, 1.165) is 63.7 Å². The van der Waals surface area contributed by atoms with Crippen LogP contribution >= 0.6 is 0 Å². The Morgan fingerprint density at radius 1 is 0.297 bits per heavy atom. The molecule has 0 bridgehead atoms. The molecule has 6 heteroatoms. The van der Waals surface area contributed by atoms with Crippen LogP contribution in [0.1, 0.15) is 329 Å². The van der Waals surface area contributed by atoms with Crippen molar-refractivity contribution in [3.05, 3.63) is 0 Å². The average molecular weight is 906 g/mol. The van der Waals surface area contributed by atoms with Crippen molar-refractivity contribution in [1.29, 1.82) is 0 Å². The molecule has 0 amide bonds. The van der Waals surface area contributed by atoms with Gasteiger partial charge >= 0.3 is 17.9 Å². The number of hydrogen-bond acceptors (Lipinski definition) is 6. The summed E-state index contributed by atoms with van der Waals surface area (Å²) < 4.78 is 16.8. The third kappa shape index (κ3) is 51.4. The lowest BCUT2D eigenvalue weighted by atomic mass is 10.0. The van der Waals surface area contributed by atoms with Gasteiger partial charge in [-0.2, -0.15) is 0 Å². The minimum Gasteiger partial charge on any atom is -0.462 e. The van der Waals surface area contributed by atoms with Crippen molar-refractivity contribution in [3.8, 4) is 0 Å². The van der Waals surface area contributed by atoms with Gasteiger partial charge in [0.2, 0.25) is 0 Å². The zero-order valence-corrected chi connectivity index (χ0v) is 43.8. The second-order valence-electron chi connectivity index (χ2n) is 20.4. The molecule has 0 aromatic rings. The van der Waals surface area contributed by atoms with E-state index in [1.807, 2.05) is 0 Å². The van der Waals surface area contributed by atoms with Crippen molar-refractivity contribution >= 4 is 17.9 Å². The van der Waals surface area contributed by atoms with Crippen molar-refractivity contribution in [2.45, 2.75) is 336 Å². The van der Waals surface area contributed by atoms with Crippen LogP contribution in [0.5, 0.6) is 0 Å². The fourth-order valence-corrected chi connectivity index (χ4v) is 8.92. The second kappa shape index (κ2) is 52.4. The molecule has 0 N–H and O–H groups in total. The smallest absolute Gasteiger partial charge is 0.306 e. The molecule has 0 rings (SSSR count).